The van der Waals surface area contributed by atoms with Crippen molar-refractivity contribution in [2.75, 3.05) is 6.16 Å². The summed E-state index contributed by atoms with van der Waals surface area (Å²) in [4.78, 5) is 9.92. The monoisotopic (exact) mass is 152 g/mol. The molecule has 2 N–H and O–H groups in total. The molecule has 1 amide bonds. The lowest BCUT2D eigenvalue weighted by molar-refractivity contribution is 0.217. The highest BCUT2D eigenvalue weighted by atomic mass is 32.4. The summed E-state index contributed by atoms with van der Waals surface area (Å²) in [5.74, 6) is 0. The second kappa shape index (κ2) is 3.75. The van der Waals surface area contributed by atoms with E-state index in [-0.39, 0.29) is 0 Å². The first-order chi connectivity index (χ1) is 3.66. The first-order valence-corrected chi connectivity index (χ1v) is 4.54. The van der Waals surface area contributed by atoms with Gasteiger partial charge in [-0.25, -0.2) is 9.32 Å². The molecule has 0 bridgehead atoms. The second-order valence-electron chi connectivity index (χ2n) is 1.06. The lowest BCUT2D eigenvalue weighted by atomic mass is 11.0. The third-order valence-corrected chi connectivity index (χ3v) is 2.35. The molecule has 8 heavy (non-hydrogen) atoms. The quantitative estimate of drug-likeness (QED) is 0.599. The molecule has 46 valence electrons. The Balaban J connectivity index is 3.40. The Hall–Kier alpha value is -0.210. The van der Waals surface area contributed by atoms with Crippen LogP contribution < -0.4 is 5.73 Å². The molecule has 0 saturated carbocycles. The van der Waals surface area contributed by atoms with Gasteiger partial charge in [0.2, 0.25) is 11.8 Å². The number of amides is 1. The molecule has 0 saturated heterocycles. The highest BCUT2D eigenvalue weighted by Gasteiger charge is 2.10. The van der Waals surface area contributed by atoms with Crippen LogP contribution in [0.5, 0.6) is 0 Å². The van der Waals surface area contributed by atoms with E-state index in [0.717, 1.165) is 0 Å². The lowest BCUT2D eigenvalue weighted by Crippen LogP contribution is -2.08. The summed E-state index contributed by atoms with van der Waals surface area (Å²) < 4.78 is 4.42. The number of hydrogen-bond acceptors (Lipinski definition) is 3. The third-order valence-electron chi connectivity index (χ3n) is 0.450. The standard InChI is InChI=1S/C3H6NO2PS/c1-2-7(8)6-3(4)5/h2H2,1H3,(H-,4,5)/p+1. The van der Waals surface area contributed by atoms with E-state index in [0.29, 0.717) is 6.16 Å². The van der Waals surface area contributed by atoms with Crippen molar-refractivity contribution in [3.63, 3.8) is 0 Å². The molecule has 0 fully saturated rings. The molecule has 0 spiro atoms. The molecule has 0 aromatic rings. The Labute approximate surface area is 53.7 Å². The van der Waals surface area contributed by atoms with Gasteiger partial charge in [0.15, 0.2) is 6.16 Å². The minimum atomic E-state index is -1.01. The summed E-state index contributed by atoms with van der Waals surface area (Å²) in [6.45, 7) is 0.840. The highest BCUT2D eigenvalue weighted by Crippen LogP contribution is 2.20. The van der Waals surface area contributed by atoms with Gasteiger partial charge in [-0.05, 0) is 6.92 Å². The maximum atomic E-state index is 9.92. The van der Waals surface area contributed by atoms with Crippen molar-refractivity contribution >= 4 is 24.8 Å². The number of carbonyl (C=O) groups excluding carboxylic acids is 1. The van der Waals surface area contributed by atoms with Crippen LogP contribution in [-0.4, -0.2) is 12.3 Å². The zero-order chi connectivity index (χ0) is 6.57. The zero-order valence-electron chi connectivity index (χ0n) is 4.46. The van der Waals surface area contributed by atoms with E-state index in [4.69, 9.17) is 0 Å². The molecule has 0 aliphatic heterocycles. The van der Waals surface area contributed by atoms with Crippen molar-refractivity contribution in [2.45, 2.75) is 6.92 Å². The van der Waals surface area contributed by atoms with Crippen LogP contribution in [0.3, 0.4) is 0 Å². The molecule has 1 atom stereocenters. The molecule has 0 aromatic carbocycles. The Morgan fingerprint density at radius 1 is 2.00 bits per heavy atom. The van der Waals surface area contributed by atoms with Crippen LogP contribution >= 0.6 is 6.92 Å². The molecule has 0 aliphatic carbocycles. The van der Waals surface area contributed by atoms with E-state index in [9.17, 15) is 4.79 Å². The fraction of sp³-hybridized carbons (Fsp3) is 0.667. The zero-order valence-corrected chi connectivity index (χ0v) is 6.17. The minimum Gasteiger partial charge on any atom is -0.331 e. The van der Waals surface area contributed by atoms with Crippen molar-refractivity contribution in [3.05, 3.63) is 0 Å². The minimum absolute atomic E-state index is 0.688. The molecule has 0 radical (unpaired) electrons. The largest absolute Gasteiger partial charge is 0.453 e. The van der Waals surface area contributed by atoms with Gasteiger partial charge in [0.25, 0.3) is 0 Å². The molecular formula is C3H7NO2PS+. The summed E-state index contributed by atoms with van der Waals surface area (Å²) in [6.07, 6.45) is -0.0823. The van der Waals surface area contributed by atoms with E-state index < -0.39 is 13.0 Å². The van der Waals surface area contributed by atoms with Crippen LogP contribution in [0.4, 0.5) is 4.79 Å². The van der Waals surface area contributed by atoms with Crippen molar-refractivity contribution in [1.82, 2.24) is 0 Å². The van der Waals surface area contributed by atoms with Crippen LogP contribution in [0.25, 0.3) is 0 Å². The predicted octanol–water partition coefficient (Wildman–Crippen LogP) is 0.960. The van der Waals surface area contributed by atoms with Crippen LogP contribution in [-0.2, 0) is 16.3 Å². The van der Waals surface area contributed by atoms with Crippen LogP contribution in [0.15, 0.2) is 0 Å². The van der Waals surface area contributed by atoms with Gasteiger partial charge < -0.3 is 5.73 Å². The maximum absolute atomic E-state index is 9.92. The molecule has 0 heterocycles. The normalized spacial score (nSPS) is 10.4. The first-order valence-electron chi connectivity index (χ1n) is 2.09. The summed E-state index contributed by atoms with van der Waals surface area (Å²) in [5.41, 5.74) is 4.66. The maximum Gasteiger partial charge on any atom is 0.453 e. The van der Waals surface area contributed by atoms with E-state index in [1.165, 1.54) is 0 Å². The van der Waals surface area contributed by atoms with Gasteiger partial charge in [0.05, 0.1) is 0 Å². The summed E-state index contributed by atoms with van der Waals surface area (Å²) >= 11 is 4.66. The Morgan fingerprint density at radius 2 is 2.50 bits per heavy atom. The summed E-state index contributed by atoms with van der Waals surface area (Å²) in [5, 5.41) is 0. The van der Waals surface area contributed by atoms with Crippen LogP contribution in [0.2, 0.25) is 0 Å². The summed E-state index contributed by atoms with van der Waals surface area (Å²) in [6, 6.07) is 0. The number of primary amides is 1. The topological polar surface area (TPSA) is 52.3 Å². The van der Waals surface area contributed by atoms with Crippen molar-refractivity contribution < 1.29 is 9.32 Å². The van der Waals surface area contributed by atoms with Crippen molar-refractivity contribution in [2.24, 2.45) is 5.73 Å². The van der Waals surface area contributed by atoms with Crippen molar-refractivity contribution in [1.29, 1.82) is 0 Å². The fourth-order valence-electron chi connectivity index (χ4n) is 0.165. The van der Waals surface area contributed by atoms with Gasteiger partial charge in [-0.15, -0.1) is 0 Å². The van der Waals surface area contributed by atoms with Crippen LogP contribution in [0, 0.1) is 0 Å². The Kier molecular flexibility index (Phi) is 3.65. The SMILES string of the molecule is CC[P+](=S)OC(N)=O. The van der Waals surface area contributed by atoms with Gasteiger partial charge in [0.1, 0.15) is 0 Å². The summed E-state index contributed by atoms with van der Waals surface area (Å²) in [7, 11) is 0. The second-order valence-corrected chi connectivity index (χ2v) is 3.76. The fourth-order valence-corrected chi connectivity index (χ4v) is 0.715. The van der Waals surface area contributed by atoms with E-state index in [2.05, 4.69) is 22.1 Å². The molecule has 3 nitrogen and oxygen atoms in total. The van der Waals surface area contributed by atoms with Crippen LogP contribution in [0.1, 0.15) is 6.92 Å². The lowest BCUT2D eigenvalue weighted by Gasteiger charge is -1.81. The van der Waals surface area contributed by atoms with Gasteiger partial charge in [-0.1, -0.05) is 0 Å². The molecular weight excluding hydrogens is 145 g/mol. The van der Waals surface area contributed by atoms with E-state index in [1.54, 1.807) is 0 Å². The Morgan fingerprint density at radius 3 is 2.62 bits per heavy atom. The average Bonchev–Trinajstić information content (AvgIpc) is 1.65. The smallest absolute Gasteiger partial charge is 0.331 e. The Bertz CT molecular complexity index is 116. The van der Waals surface area contributed by atoms with Gasteiger partial charge >= 0.3 is 13.0 Å². The molecule has 0 aliphatic rings. The number of hydrogen-bond donors (Lipinski definition) is 1. The third kappa shape index (κ3) is 3.96. The predicted molar refractivity (Wildman–Crippen MR) is 35.5 cm³/mol. The van der Waals surface area contributed by atoms with Gasteiger partial charge in [-0.2, -0.15) is 0 Å². The van der Waals surface area contributed by atoms with Gasteiger partial charge in [0, 0.05) is 0 Å². The van der Waals surface area contributed by atoms with E-state index >= 15 is 0 Å². The van der Waals surface area contributed by atoms with Crippen molar-refractivity contribution in [3.8, 4) is 0 Å². The molecule has 0 rings (SSSR count). The highest BCUT2D eigenvalue weighted by molar-refractivity contribution is 8.03. The molecule has 5 heteroatoms. The average molecular weight is 152 g/mol. The number of carbonyl (C=O) groups is 1. The first kappa shape index (κ1) is 7.79. The number of rotatable bonds is 2. The number of nitrogens with two attached hydrogens (primary N) is 1. The molecule has 0 aromatic heterocycles. The molecule has 1 unspecified atom stereocenters. The van der Waals surface area contributed by atoms with Gasteiger partial charge in [-0.3, -0.25) is 0 Å². The van der Waals surface area contributed by atoms with E-state index in [1.807, 2.05) is 6.92 Å².